The van der Waals surface area contributed by atoms with E-state index < -0.39 is 5.97 Å². The van der Waals surface area contributed by atoms with Crippen LogP contribution in [0.2, 0.25) is 0 Å². The number of rotatable bonds is 7. The minimum absolute atomic E-state index is 0.0164. The highest BCUT2D eigenvalue weighted by Gasteiger charge is 2.35. The molecule has 0 N–H and O–H groups in total. The Morgan fingerprint density at radius 3 is 2.72 bits per heavy atom. The summed E-state index contributed by atoms with van der Waals surface area (Å²) in [6.45, 7) is 2.18. The number of aryl methyl sites for hydroxylation is 2. The van der Waals surface area contributed by atoms with Gasteiger partial charge in [0, 0.05) is 17.6 Å². The third kappa shape index (κ3) is 4.99. The summed E-state index contributed by atoms with van der Waals surface area (Å²) in [5, 5.41) is -0.230. The van der Waals surface area contributed by atoms with Crippen molar-refractivity contribution in [1.82, 2.24) is 4.98 Å². The number of anilines is 1. The summed E-state index contributed by atoms with van der Waals surface area (Å²) in [5.41, 5.74) is 3.81. The molecule has 1 atom stereocenters. The third-order valence-corrected chi connectivity index (χ3v) is 6.46. The van der Waals surface area contributed by atoms with Gasteiger partial charge in [0.2, 0.25) is 5.91 Å². The number of aromatic nitrogens is 1. The number of hydrogen-bond acceptors (Lipinski definition) is 5. The van der Waals surface area contributed by atoms with Gasteiger partial charge in [-0.05, 0) is 73.4 Å². The van der Waals surface area contributed by atoms with Crippen LogP contribution in [0, 0.1) is 12.7 Å². The summed E-state index contributed by atoms with van der Waals surface area (Å²) < 4.78 is 18.7. The maximum Gasteiger partial charge on any atom is 0.338 e. The molecule has 1 aliphatic rings. The summed E-state index contributed by atoms with van der Waals surface area (Å²) in [7, 11) is 0. The van der Waals surface area contributed by atoms with Crippen molar-refractivity contribution in [1.29, 1.82) is 0 Å². The molecule has 1 saturated heterocycles. The molecule has 5 nitrogen and oxygen atoms in total. The van der Waals surface area contributed by atoms with Crippen molar-refractivity contribution in [2.45, 2.75) is 25.1 Å². The Balaban J connectivity index is 1.42. The van der Waals surface area contributed by atoms with Crippen LogP contribution in [-0.2, 0) is 16.0 Å². The Hall–Kier alpha value is -3.19. The summed E-state index contributed by atoms with van der Waals surface area (Å²) >= 11 is 1.50. The SMILES string of the molecule is Cc1cc(C(=O)OCCCc2ccccn2)ccc1N1C(=O)CSC1c1ccc(F)cc1. The fourth-order valence-electron chi connectivity index (χ4n) is 3.66. The average Bonchev–Trinajstić information content (AvgIpc) is 3.18. The van der Waals surface area contributed by atoms with Gasteiger partial charge in [-0.2, -0.15) is 0 Å². The van der Waals surface area contributed by atoms with Gasteiger partial charge in [0.15, 0.2) is 0 Å². The average molecular weight is 451 g/mol. The van der Waals surface area contributed by atoms with Crippen LogP contribution in [0.4, 0.5) is 10.1 Å². The van der Waals surface area contributed by atoms with Crippen molar-refractivity contribution in [2.24, 2.45) is 0 Å². The maximum atomic E-state index is 13.3. The van der Waals surface area contributed by atoms with E-state index in [1.54, 1.807) is 41.4 Å². The van der Waals surface area contributed by atoms with Gasteiger partial charge in [0.05, 0.1) is 17.9 Å². The van der Waals surface area contributed by atoms with Crippen LogP contribution in [0.3, 0.4) is 0 Å². The van der Waals surface area contributed by atoms with E-state index in [0.29, 0.717) is 24.3 Å². The van der Waals surface area contributed by atoms with E-state index in [4.69, 9.17) is 4.74 Å². The van der Waals surface area contributed by atoms with Gasteiger partial charge in [-0.25, -0.2) is 9.18 Å². The van der Waals surface area contributed by atoms with E-state index in [9.17, 15) is 14.0 Å². The predicted molar refractivity (Wildman–Crippen MR) is 123 cm³/mol. The first-order valence-electron chi connectivity index (χ1n) is 10.4. The van der Waals surface area contributed by atoms with E-state index in [1.165, 1.54) is 23.9 Å². The molecule has 0 bridgehead atoms. The molecule has 0 spiro atoms. The molecule has 32 heavy (non-hydrogen) atoms. The Kier molecular flexibility index (Phi) is 6.85. The summed E-state index contributed by atoms with van der Waals surface area (Å²) in [4.78, 5) is 31.1. The van der Waals surface area contributed by atoms with Crippen molar-refractivity contribution < 1.29 is 18.7 Å². The fraction of sp³-hybridized carbons (Fsp3) is 0.240. The standard InChI is InChI=1S/C25H23FN2O3S/c1-17-15-19(25(30)31-14-4-6-21-5-2-3-13-27-21)9-12-22(17)28-23(29)16-32-24(28)18-7-10-20(26)11-8-18/h2-3,5,7-13,15,24H,4,6,14,16H2,1H3. The number of benzene rings is 2. The molecular formula is C25H23FN2O3S. The summed E-state index contributed by atoms with van der Waals surface area (Å²) in [6, 6.07) is 17.1. The molecule has 1 aromatic heterocycles. The van der Waals surface area contributed by atoms with Crippen LogP contribution < -0.4 is 4.90 Å². The summed E-state index contributed by atoms with van der Waals surface area (Å²) in [5.74, 6) is -0.370. The Bertz CT molecular complexity index is 1110. The number of halogens is 1. The molecule has 1 aliphatic heterocycles. The van der Waals surface area contributed by atoms with Gasteiger partial charge in [-0.3, -0.25) is 14.7 Å². The number of carbonyl (C=O) groups excluding carboxylic acids is 2. The van der Waals surface area contributed by atoms with Gasteiger partial charge in [-0.1, -0.05) is 18.2 Å². The van der Waals surface area contributed by atoms with Crippen molar-refractivity contribution in [3.8, 4) is 0 Å². The van der Waals surface area contributed by atoms with Crippen LogP contribution in [0.5, 0.6) is 0 Å². The van der Waals surface area contributed by atoms with Crippen molar-refractivity contribution in [2.75, 3.05) is 17.3 Å². The highest BCUT2D eigenvalue weighted by Crippen LogP contribution is 2.42. The van der Waals surface area contributed by atoms with Crippen molar-refractivity contribution in [3.05, 3.63) is 95.1 Å². The molecule has 4 rings (SSSR count). The van der Waals surface area contributed by atoms with Crippen LogP contribution in [-0.4, -0.2) is 29.2 Å². The van der Waals surface area contributed by atoms with Crippen LogP contribution >= 0.6 is 11.8 Å². The maximum absolute atomic E-state index is 13.3. The van der Waals surface area contributed by atoms with Crippen molar-refractivity contribution in [3.63, 3.8) is 0 Å². The zero-order valence-electron chi connectivity index (χ0n) is 17.7. The largest absolute Gasteiger partial charge is 0.462 e. The molecule has 0 aliphatic carbocycles. The first-order chi connectivity index (χ1) is 15.5. The minimum atomic E-state index is -0.391. The molecular weight excluding hydrogens is 427 g/mol. The number of amides is 1. The van der Waals surface area contributed by atoms with Crippen LogP contribution in [0.25, 0.3) is 0 Å². The number of thioether (sulfide) groups is 1. The third-order valence-electron chi connectivity index (χ3n) is 5.25. The molecule has 1 amide bonds. The lowest BCUT2D eigenvalue weighted by molar-refractivity contribution is -0.115. The Morgan fingerprint density at radius 1 is 1.19 bits per heavy atom. The smallest absolute Gasteiger partial charge is 0.338 e. The number of hydrogen-bond donors (Lipinski definition) is 0. The normalized spacial score (nSPS) is 15.8. The number of ether oxygens (including phenoxy) is 1. The van der Waals surface area contributed by atoms with Gasteiger partial charge in [-0.15, -0.1) is 11.8 Å². The molecule has 1 fully saturated rings. The zero-order valence-corrected chi connectivity index (χ0v) is 18.5. The molecule has 7 heteroatoms. The molecule has 1 unspecified atom stereocenters. The van der Waals surface area contributed by atoms with Gasteiger partial charge in [0.25, 0.3) is 0 Å². The van der Waals surface area contributed by atoms with Crippen LogP contribution in [0.15, 0.2) is 66.9 Å². The fourth-order valence-corrected chi connectivity index (χ4v) is 4.83. The second kappa shape index (κ2) is 9.96. The highest BCUT2D eigenvalue weighted by atomic mass is 32.2. The lowest BCUT2D eigenvalue weighted by Gasteiger charge is -2.26. The molecule has 3 aromatic rings. The molecule has 0 saturated carbocycles. The van der Waals surface area contributed by atoms with Crippen molar-refractivity contribution >= 4 is 29.3 Å². The number of pyridine rings is 1. The van der Waals surface area contributed by atoms with Gasteiger partial charge < -0.3 is 4.74 Å². The van der Waals surface area contributed by atoms with E-state index >= 15 is 0 Å². The van der Waals surface area contributed by atoms with E-state index in [1.807, 2.05) is 25.1 Å². The minimum Gasteiger partial charge on any atom is -0.462 e. The van der Waals surface area contributed by atoms with Gasteiger partial charge in [0.1, 0.15) is 11.2 Å². The number of nitrogens with zero attached hydrogens (tertiary/aromatic N) is 2. The monoisotopic (exact) mass is 450 g/mol. The van der Waals surface area contributed by atoms with Crippen LogP contribution in [0.1, 0.15) is 39.0 Å². The van der Waals surface area contributed by atoms with E-state index in [-0.39, 0.29) is 17.1 Å². The predicted octanol–water partition coefficient (Wildman–Crippen LogP) is 5.10. The number of carbonyl (C=O) groups is 2. The topological polar surface area (TPSA) is 59.5 Å². The molecule has 2 aromatic carbocycles. The van der Waals surface area contributed by atoms with E-state index in [2.05, 4.69) is 4.98 Å². The first-order valence-corrected chi connectivity index (χ1v) is 11.4. The second-order valence-electron chi connectivity index (χ2n) is 7.54. The van der Waals surface area contributed by atoms with E-state index in [0.717, 1.165) is 28.9 Å². The second-order valence-corrected chi connectivity index (χ2v) is 8.61. The summed E-state index contributed by atoms with van der Waals surface area (Å²) in [6.07, 6.45) is 3.18. The lowest BCUT2D eigenvalue weighted by atomic mass is 10.1. The Morgan fingerprint density at radius 2 is 2.00 bits per heavy atom. The lowest BCUT2D eigenvalue weighted by Crippen LogP contribution is -2.28. The highest BCUT2D eigenvalue weighted by molar-refractivity contribution is 8.00. The zero-order chi connectivity index (χ0) is 22.5. The quantitative estimate of drug-likeness (QED) is 0.370. The molecule has 2 heterocycles. The van der Waals surface area contributed by atoms with Gasteiger partial charge >= 0.3 is 5.97 Å². The Labute approximate surface area is 190 Å². The molecule has 0 radical (unpaired) electrons. The number of esters is 1. The first kappa shape index (κ1) is 22.0. The molecule has 164 valence electrons.